The number of fused-ring (bicyclic) bond motifs is 1. The summed E-state index contributed by atoms with van der Waals surface area (Å²) in [5.74, 6) is 0.360. The van der Waals surface area contributed by atoms with Crippen LogP contribution in [-0.2, 0) is 24.9 Å². The number of aromatic amines is 1. The Bertz CT molecular complexity index is 1140. The summed E-state index contributed by atoms with van der Waals surface area (Å²) in [5.41, 5.74) is 0.525. The van der Waals surface area contributed by atoms with Crippen LogP contribution in [0.4, 0.5) is 4.39 Å². The molecule has 0 radical (unpaired) electrons. The van der Waals surface area contributed by atoms with E-state index in [2.05, 4.69) is 14.9 Å². The van der Waals surface area contributed by atoms with E-state index >= 15 is 0 Å². The van der Waals surface area contributed by atoms with Crippen LogP contribution < -0.4 is 11.2 Å². The van der Waals surface area contributed by atoms with Gasteiger partial charge in [-0.2, -0.15) is 0 Å². The van der Waals surface area contributed by atoms with Crippen LogP contribution in [0.1, 0.15) is 25.2 Å². The van der Waals surface area contributed by atoms with Crippen LogP contribution in [0.5, 0.6) is 0 Å². The second-order valence-corrected chi connectivity index (χ2v) is 7.68. The van der Waals surface area contributed by atoms with Gasteiger partial charge in [0.05, 0.1) is 18.8 Å². The highest BCUT2D eigenvalue weighted by Gasteiger charge is 2.25. The Balaban J connectivity index is 1.80. The minimum absolute atomic E-state index is 0.0986. The zero-order valence-electron chi connectivity index (χ0n) is 16.7. The molecule has 0 aliphatic carbocycles. The normalized spacial score (nSPS) is 20.4. The van der Waals surface area contributed by atoms with Gasteiger partial charge in [-0.3, -0.25) is 19.2 Å². The Hall–Kier alpha value is -2.78. The summed E-state index contributed by atoms with van der Waals surface area (Å²) < 4.78 is 22.3. The van der Waals surface area contributed by atoms with Crippen molar-refractivity contribution in [2.24, 2.45) is 7.05 Å². The van der Waals surface area contributed by atoms with Crippen LogP contribution in [0, 0.1) is 5.82 Å². The molecule has 3 heterocycles. The number of H-pyrrole nitrogens is 1. The Morgan fingerprint density at radius 1 is 1.14 bits per heavy atom. The SMILES string of the molecule is C[C@H]1CN(Cc2nc3c(c(=O)[nH]c(=O)n3C)n2Cc2ccc(F)cc2)C[C@H](C)O1. The Labute approximate surface area is 166 Å². The van der Waals surface area contributed by atoms with E-state index in [1.807, 2.05) is 18.4 Å². The maximum Gasteiger partial charge on any atom is 0.329 e. The fourth-order valence-electron chi connectivity index (χ4n) is 3.96. The summed E-state index contributed by atoms with van der Waals surface area (Å²) in [6, 6.07) is 6.14. The van der Waals surface area contributed by atoms with E-state index in [0.29, 0.717) is 30.1 Å². The Morgan fingerprint density at radius 2 is 1.79 bits per heavy atom. The first kappa shape index (κ1) is 19.5. The molecule has 3 aromatic rings. The first-order valence-electron chi connectivity index (χ1n) is 9.62. The van der Waals surface area contributed by atoms with Crippen molar-refractivity contribution in [3.05, 3.63) is 62.3 Å². The molecule has 1 aliphatic heterocycles. The minimum Gasteiger partial charge on any atom is -0.373 e. The zero-order chi connectivity index (χ0) is 20.7. The summed E-state index contributed by atoms with van der Waals surface area (Å²) in [5, 5.41) is 0. The van der Waals surface area contributed by atoms with Crippen molar-refractivity contribution in [2.75, 3.05) is 13.1 Å². The highest BCUT2D eigenvalue weighted by molar-refractivity contribution is 5.71. The maximum atomic E-state index is 13.3. The van der Waals surface area contributed by atoms with Crippen molar-refractivity contribution in [1.82, 2.24) is 24.0 Å². The van der Waals surface area contributed by atoms with Gasteiger partial charge in [0.2, 0.25) is 0 Å². The monoisotopic (exact) mass is 401 g/mol. The predicted octanol–water partition coefficient (Wildman–Crippen LogP) is 1.22. The molecular weight excluding hydrogens is 377 g/mol. The lowest BCUT2D eigenvalue weighted by Gasteiger charge is -2.35. The van der Waals surface area contributed by atoms with Gasteiger partial charge in [-0.1, -0.05) is 12.1 Å². The third-order valence-electron chi connectivity index (χ3n) is 5.20. The van der Waals surface area contributed by atoms with E-state index in [0.717, 1.165) is 18.7 Å². The molecule has 1 N–H and O–H groups in total. The number of benzene rings is 1. The summed E-state index contributed by atoms with van der Waals surface area (Å²) in [6.07, 6.45) is 0.197. The fraction of sp³-hybridized carbons (Fsp3) is 0.450. The van der Waals surface area contributed by atoms with Crippen LogP contribution >= 0.6 is 0 Å². The van der Waals surface area contributed by atoms with Gasteiger partial charge in [0.15, 0.2) is 11.2 Å². The lowest BCUT2D eigenvalue weighted by Crippen LogP contribution is -2.45. The van der Waals surface area contributed by atoms with Gasteiger partial charge in [-0.25, -0.2) is 14.2 Å². The number of nitrogens with zero attached hydrogens (tertiary/aromatic N) is 4. The van der Waals surface area contributed by atoms with Crippen molar-refractivity contribution in [3.63, 3.8) is 0 Å². The first-order valence-corrected chi connectivity index (χ1v) is 9.62. The van der Waals surface area contributed by atoms with E-state index < -0.39 is 11.2 Å². The Morgan fingerprint density at radius 3 is 2.45 bits per heavy atom. The summed E-state index contributed by atoms with van der Waals surface area (Å²) in [6.45, 7) is 6.42. The molecule has 1 fully saturated rings. The highest BCUT2D eigenvalue weighted by Crippen LogP contribution is 2.18. The van der Waals surface area contributed by atoms with Crippen LogP contribution in [-0.4, -0.2) is 49.3 Å². The Kier molecular flexibility index (Phi) is 5.10. The summed E-state index contributed by atoms with van der Waals surface area (Å²) in [7, 11) is 1.58. The average molecular weight is 401 g/mol. The number of ether oxygens (including phenoxy) is 1. The number of aromatic nitrogens is 4. The topological polar surface area (TPSA) is 85.2 Å². The van der Waals surface area contributed by atoms with Gasteiger partial charge in [-0.15, -0.1) is 0 Å². The third-order valence-corrected chi connectivity index (χ3v) is 5.20. The molecule has 1 saturated heterocycles. The lowest BCUT2D eigenvalue weighted by molar-refractivity contribution is -0.0712. The average Bonchev–Trinajstić information content (AvgIpc) is 2.99. The number of imidazole rings is 1. The molecule has 2 atom stereocenters. The molecule has 1 aromatic carbocycles. The number of hydrogen-bond acceptors (Lipinski definition) is 5. The molecule has 9 heteroatoms. The number of morpholine rings is 1. The molecule has 8 nitrogen and oxygen atoms in total. The van der Waals surface area contributed by atoms with Crippen molar-refractivity contribution < 1.29 is 9.13 Å². The van der Waals surface area contributed by atoms with Crippen LogP contribution in [0.25, 0.3) is 11.2 Å². The van der Waals surface area contributed by atoms with Crippen LogP contribution in [0.2, 0.25) is 0 Å². The second kappa shape index (κ2) is 7.57. The van der Waals surface area contributed by atoms with Crippen molar-refractivity contribution in [1.29, 1.82) is 0 Å². The molecule has 0 bridgehead atoms. The molecule has 154 valence electrons. The number of nitrogens with one attached hydrogen (secondary N) is 1. The van der Waals surface area contributed by atoms with Crippen molar-refractivity contribution >= 4 is 11.2 Å². The maximum absolute atomic E-state index is 13.3. The predicted molar refractivity (Wildman–Crippen MR) is 106 cm³/mol. The van der Waals surface area contributed by atoms with Crippen molar-refractivity contribution in [2.45, 2.75) is 39.1 Å². The zero-order valence-corrected chi connectivity index (χ0v) is 16.7. The number of hydrogen-bond donors (Lipinski definition) is 1. The molecule has 0 spiro atoms. The van der Waals surface area contributed by atoms with E-state index in [4.69, 9.17) is 4.74 Å². The molecule has 0 unspecified atom stereocenters. The van der Waals surface area contributed by atoms with E-state index in [1.165, 1.54) is 16.7 Å². The van der Waals surface area contributed by atoms with Gasteiger partial charge in [0, 0.05) is 26.7 Å². The highest BCUT2D eigenvalue weighted by atomic mass is 19.1. The molecule has 0 amide bonds. The molecule has 1 aliphatic rings. The standard InChI is InChI=1S/C20H24FN5O3/c1-12-8-25(9-13(2)29-12)11-16-22-18-17(19(27)23-20(28)24(18)3)26(16)10-14-4-6-15(21)7-5-14/h4-7,12-13H,8-11H2,1-3H3,(H,23,27,28)/t12-,13-/m0/s1. The van der Waals surface area contributed by atoms with Gasteiger partial charge < -0.3 is 9.30 Å². The second-order valence-electron chi connectivity index (χ2n) is 7.68. The van der Waals surface area contributed by atoms with Gasteiger partial charge >= 0.3 is 5.69 Å². The van der Waals surface area contributed by atoms with E-state index in [1.54, 1.807) is 19.2 Å². The fourth-order valence-corrected chi connectivity index (χ4v) is 3.96. The number of aryl methyl sites for hydroxylation is 1. The molecular formula is C20H24FN5O3. The van der Waals surface area contributed by atoms with Crippen molar-refractivity contribution in [3.8, 4) is 0 Å². The van der Waals surface area contributed by atoms with Crippen LogP contribution in [0.3, 0.4) is 0 Å². The first-order chi connectivity index (χ1) is 13.8. The number of rotatable bonds is 4. The molecule has 0 saturated carbocycles. The largest absolute Gasteiger partial charge is 0.373 e. The molecule has 29 heavy (non-hydrogen) atoms. The minimum atomic E-state index is -0.505. The third kappa shape index (κ3) is 3.88. The van der Waals surface area contributed by atoms with Gasteiger partial charge in [-0.05, 0) is 31.5 Å². The van der Waals surface area contributed by atoms with E-state index in [-0.39, 0.29) is 18.0 Å². The van der Waals surface area contributed by atoms with Gasteiger partial charge in [0.25, 0.3) is 5.56 Å². The molecule has 2 aromatic heterocycles. The summed E-state index contributed by atoms with van der Waals surface area (Å²) >= 11 is 0. The number of halogens is 1. The van der Waals surface area contributed by atoms with Crippen LogP contribution in [0.15, 0.2) is 33.9 Å². The van der Waals surface area contributed by atoms with E-state index in [9.17, 15) is 14.0 Å². The smallest absolute Gasteiger partial charge is 0.329 e. The van der Waals surface area contributed by atoms with Gasteiger partial charge in [0.1, 0.15) is 11.6 Å². The summed E-state index contributed by atoms with van der Waals surface area (Å²) in [4.78, 5) is 33.9. The quantitative estimate of drug-likeness (QED) is 0.711. The molecule has 4 rings (SSSR count). The lowest BCUT2D eigenvalue weighted by atomic mass is 10.2.